The van der Waals surface area contributed by atoms with Crippen molar-refractivity contribution >= 4 is 12.0 Å². The van der Waals surface area contributed by atoms with Gasteiger partial charge in [0.25, 0.3) is 0 Å². The first-order valence-electron chi connectivity index (χ1n) is 9.09. The van der Waals surface area contributed by atoms with Gasteiger partial charge in [0.2, 0.25) is 5.91 Å². The number of benzene rings is 1. The van der Waals surface area contributed by atoms with Crippen molar-refractivity contribution in [1.82, 2.24) is 9.80 Å². The molecule has 3 rings (SSSR count). The van der Waals surface area contributed by atoms with Crippen LogP contribution >= 0.6 is 0 Å². The van der Waals surface area contributed by atoms with Crippen LogP contribution in [0.25, 0.3) is 0 Å². The Morgan fingerprint density at radius 1 is 1.24 bits per heavy atom. The van der Waals surface area contributed by atoms with Gasteiger partial charge in [-0.3, -0.25) is 4.79 Å². The maximum Gasteiger partial charge on any atom is 0.410 e. The first kappa shape index (κ1) is 17.7. The van der Waals surface area contributed by atoms with Gasteiger partial charge >= 0.3 is 6.09 Å². The number of nitrogens with zero attached hydrogens (tertiary/aromatic N) is 2. The molecule has 1 aromatic rings. The zero-order chi connectivity index (χ0) is 17.8. The Bertz CT molecular complexity index is 601. The topological polar surface area (TPSA) is 75.9 Å². The van der Waals surface area contributed by atoms with Crippen molar-refractivity contribution in [3.8, 4) is 0 Å². The minimum Gasteiger partial charge on any atom is -0.445 e. The van der Waals surface area contributed by atoms with E-state index in [0.29, 0.717) is 13.1 Å². The predicted octanol–water partition coefficient (Wildman–Crippen LogP) is 2.13. The van der Waals surface area contributed by atoms with Crippen molar-refractivity contribution in [2.24, 2.45) is 5.73 Å². The number of hydrogen-bond acceptors (Lipinski definition) is 4. The van der Waals surface area contributed by atoms with Gasteiger partial charge in [-0.1, -0.05) is 30.3 Å². The molecule has 0 unspecified atom stereocenters. The standard InChI is InChI=1S/C19H27N3O3/c1-14(20)18(23)21-11-5-8-17(12-21)22(16-9-10-16)19(24)25-13-15-6-3-2-4-7-15/h2-4,6-7,14,16-17H,5,8-13,20H2,1H3/t14-,17-/m0/s1. The minimum absolute atomic E-state index is 0.0206. The maximum absolute atomic E-state index is 12.7. The van der Waals surface area contributed by atoms with Crippen LogP contribution in [0.5, 0.6) is 0 Å². The minimum atomic E-state index is -0.502. The summed E-state index contributed by atoms with van der Waals surface area (Å²) in [7, 11) is 0. The predicted molar refractivity (Wildman–Crippen MR) is 94.7 cm³/mol. The molecule has 0 spiro atoms. The van der Waals surface area contributed by atoms with Gasteiger partial charge in [-0.15, -0.1) is 0 Å². The third kappa shape index (κ3) is 4.51. The molecule has 1 aromatic carbocycles. The van der Waals surface area contributed by atoms with E-state index < -0.39 is 6.04 Å². The largest absolute Gasteiger partial charge is 0.445 e. The van der Waals surface area contributed by atoms with Crippen LogP contribution in [-0.2, 0) is 16.1 Å². The van der Waals surface area contributed by atoms with Crippen molar-refractivity contribution in [3.63, 3.8) is 0 Å². The summed E-state index contributed by atoms with van der Waals surface area (Å²) in [6.07, 6.45) is 3.54. The van der Waals surface area contributed by atoms with Gasteiger partial charge in [0, 0.05) is 19.1 Å². The second-order valence-corrected chi connectivity index (χ2v) is 7.05. The normalized spacial score (nSPS) is 21.5. The Morgan fingerprint density at radius 2 is 1.96 bits per heavy atom. The van der Waals surface area contributed by atoms with Gasteiger partial charge < -0.3 is 20.3 Å². The molecule has 0 radical (unpaired) electrons. The molecule has 0 aromatic heterocycles. The summed E-state index contributed by atoms with van der Waals surface area (Å²) in [6, 6.07) is 9.45. The molecule has 6 nitrogen and oxygen atoms in total. The van der Waals surface area contributed by atoms with Crippen LogP contribution < -0.4 is 5.73 Å². The van der Waals surface area contributed by atoms with Crippen LogP contribution in [0.1, 0.15) is 38.2 Å². The highest BCUT2D eigenvalue weighted by Gasteiger charge is 2.40. The quantitative estimate of drug-likeness (QED) is 0.887. The summed E-state index contributed by atoms with van der Waals surface area (Å²) in [5, 5.41) is 0. The number of rotatable bonds is 5. The SMILES string of the molecule is C[C@H](N)C(=O)N1CCC[C@H](N(C(=O)OCc2ccccc2)C2CC2)C1. The van der Waals surface area contributed by atoms with Crippen LogP contribution in [0.3, 0.4) is 0 Å². The summed E-state index contributed by atoms with van der Waals surface area (Å²) >= 11 is 0. The summed E-state index contributed by atoms with van der Waals surface area (Å²) in [6.45, 7) is 3.25. The number of carbonyl (C=O) groups excluding carboxylic acids is 2. The molecule has 1 aliphatic heterocycles. The fourth-order valence-corrected chi connectivity index (χ4v) is 3.41. The van der Waals surface area contributed by atoms with E-state index in [1.54, 1.807) is 11.8 Å². The molecule has 0 bridgehead atoms. The molecule has 2 atom stereocenters. The van der Waals surface area contributed by atoms with Crippen LogP contribution in [-0.4, -0.2) is 53.0 Å². The molecule has 2 N–H and O–H groups in total. The van der Waals surface area contributed by atoms with E-state index in [2.05, 4.69) is 0 Å². The Balaban J connectivity index is 1.62. The van der Waals surface area contributed by atoms with Crippen molar-refractivity contribution < 1.29 is 14.3 Å². The fourth-order valence-electron chi connectivity index (χ4n) is 3.41. The molecule has 25 heavy (non-hydrogen) atoms. The van der Waals surface area contributed by atoms with E-state index in [9.17, 15) is 9.59 Å². The molecule has 1 heterocycles. The second-order valence-electron chi connectivity index (χ2n) is 7.05. The van der Waals surface area contributed by atoms with E-state index in [-0.39, 0.29) is 30.7 Å². The fraction of sp³-hybridized carbons (Fsp3) is 0.579. The van der Waals surface area contributed by atoms with Crippen molar-refractivity contribution in [1.29, 1.82) is 0 Å². The number of nitrogens with two attached hydrogens (primary N) is 1. The van der Waals surface area contributed by atoms with Gasteiger partial charge in [-0.25, -0.2) is 4.79 Å². The summed E-state index contributed by atoms with van der Waals surface area (Å²) in [5.41, 5.74) is 6.71. The molecule has 6 heteroatoms. The molecular weight excluding hydrogens is 318 g/mol. The highest BCUT2D eigenvalue weighted by molar-refractivity contribution is 5.81. The maximum atomic E-state index is 12.7. The van der Waals surface area contributed by atoms with Gasteiger partial charge in [0.1, 0.15) is 6.61 Å². The number of hydrogen-bond donors (Lipinski definition) is 1. The molecule has 2 aliphatic rings. The lowest BCUT2D eigenvalue weighted by molar-refractivity contribution is -0.134. The average molecular weight is 345 g/mol. The first-order chi connectivity index (χ1) is 12.1. The first-order valence-corrected chi connectivity index (χ1v) is 9.09. The summed E-state index contributed by atoms with van der Waals surface area (Å²) < 4.78 is 5.55. The Kier molecular flexibility index (Phi) is 5.58. The average Bonchev–Trinajstić information content (AvgIpc) is 3.45. The van der Waals surface area contributed by atoms with Crippen molar-refractivity contribution in [2.45, 2.75) is 57.3 Å². The highest BCUT2D eigenvalue weighted by atomic mass is 16.6. The molecule has 1 aliphatic carbocycles. The molecule has 1 saturated carbocycles. The molecule has 2 fully saturated rings. The van der Waals surface area contributed by atoms with E-state index in [4.69, 9.17) is 10.5 Å². The lowest BCUT2D eigenvalue weighted by Gasteiger charge is -2.39. The Hall–Kier alpha value is -2.08. The van der Waals surface area contributed by atoms with Crippen molar-refractivity contribution in [2.75, 3.05) is 13.1 Å². The lowest BCUT2D eigenvalue weighted by atomic mass is 10.0. The smallest absolute Gasteiger partial charge is 0.410 e. The number of piperidine rings is 1. The zero-order valence-electron chi connectivity index (χ0n) is 14.8. The number of carbonyl (C=O) groups is 2. The molecular formula is C19H27N3O3. The van der Waals surface area contributed by atoms with Gasteiger partial charge in [0.05, 0.1) is 12.1 Å². The summed E-state index contributed by atoms with van der Waals surface area (Å²) in [4.78, 5) is 28.5. The number of likely N-dealkylation sites (tertiary alicyclic amines) is 1. The van der Waals surface area contributed by atoms with E-state index in [1.807, 2.05) is 35.2 Å². The van der Waals surface area contributed by atoms with E-state index in [0.717, 1.165) is 31.2 Å². The Morgan fingerprint density at radius 3 is 2.60 bits per heavy atom. The van der Waals surface area contributed by atoms with Gasteiger partial charge in [-0.05, 0) is 38.2 Å². The van der Waals surface area contributed by atoms with Crippen LogP contribution in [0, 0.1) is 0 Å². The Labute approximate surface area is 148 Å². The molecule has 136 valence electrons. The third-order valence-corrected chi connectivity index (χ3v) is 4.85. The monoisotopic (exact) mass is 345 g/mol. The molecule has 1 saturated heterocycles. The molecule has 2 amide bonds. The van der Waals surface area contributed by atoms with Crippen LogP contribution in [0.15, 0.2) is 30.3 Å². The zero-order valence-corrected chi connectivity index (χ0v) is 14.8. The van der Waals surface area contributed by atoms with Crippen molar-refractivity contribution in [3.05, 3.63) is 35.9 Å². The summed E-state index contributed by atoms with van der Waals surface area (Å²) in [5.74, 6) is -0.0434. The third-order valence-electron chi connectivity index (χ3n) is 4.85. The lowest BCUT2D eigenvalue weighted by Crippen LogP contribution is -2.54. The highest BCUT2D eigenvalue weighted by Crippen LogP contribution is 2.32. The second kappa shape index (κ2) is 7.87. The number of ether oxygens (including phenoxy) is 1. The van der Waals surface area contributed by atoms with Gasteiger partial charge in [-0.2, -0.15) is 0 Å². The van der Waals surface area contributed by atoms with Crippen LogP contribution in [0.2, 0.25) is 0 Å². The van der Waals surface area contributed by atoms with E-state index in [1.165, 1.54) is 0 Å². The van der Waals surface area contributed by atoms with Crippen LogP contribution in [0.4, 0.5) is 4.79 Å². The van der Waals surface area contributed by atoms with Gasteiger partial charge in [0.15, 0.2) is 0 Å². The number of amides is 2. The van der Waals surface area contributed by atoms with E-state index >= 15 is 0 Å².